The molecule has 1 amide bonds. The molecule has 3 nitrogen and oxygen atoms in total. The highest BCUT2D eigenvalue weighted by Gasteiger charge is 2.31. The fourth-order valence-corrected chi connectivity index (χ4v) is 3.10. The number of hydrogen-bond donors (Lipinski definition) is 0. The molecule has 0 spiro atoms. The largest absolute Gasteiger partial charge is 0.348 e. The molecule has 0 N–H and O–H groups in total. The summed E-state index contributed by atoms with van der Waals surface area (Å²) in [5, 5.41) is 0. The molecule has 3 heteroatoms. The SMILES string of the molecule is CC(C)CC(=O)N1CCn2cccc2C1c1ccccc1. The molecule has 21 heavy (non-hydrogen) atoms. The summed E-state index contributed by atoms with van der Waals surface area (Å²) in [7, 11) is 0. The topological polar surface area (TPSA) is 25.2 Å². The van der Waals surface area contributed by atoms with Gasteiger partial charge >= 0.3 is 0 Å². The summed E-state index contributed by atoms with van der Waals surface area (Å²) in [5.74, 6) is 0.647. The molecule has 1 atom stereocenters. The smallest absolute Gasteiger partial charge is 0.223 e. The number of rotatable bonds is 3. The van der Waals surface area contributed by atoms with Crippen LogP contribution in [0.15, 0.2) is 48.7 Å². The Bertz CT molecular complexity index is 615. The van der Waals surface area contributed by atoms with Crippen molar-refractivity contribution < 1.29 is 4.79 Å². The van der Waals surface area contributed by atoms with Crippen LogP contribution < -0.4 is 0 Å². The molecule has 0 saturated heterocycles. The molecule has 110 valence electrons. The number of carbonyl (C=O) groups is 1. The Labute approximate surface area is 126 Å². The highest BCUT2D eigenvalue weighted by molar-refractivity contribution is 5.77. The minimum Gasteiger partial charge on any atom is -0.348 e. The fourth-order valence-electron chi connectivity index (χ4n) is 3.10. The van der Waals surface area contributed by atoms with E-state index in [-0.39, 0.29) is 11.9 Å². The van der Waals surface area contributed by atoms with Crippen molar-refractivity contribution in [1.82, 2.24) is 9.47 Å². The van der Waals surface area contributed by atoms with E-state index in [0.29, 0.717) is 12.3 Å². The lowest BCUT2D eigenvalue weighted by Crippen LogP contribution is -2.42. The number of amides is 1. The first-order valence-electron chi connectivity index (χ1n) is 7.66. The Morgan fingerprint density at radius 1 is 1.14 bits per heavy atom. The summed E-state index contributed by atoms with van der Waals surface area (Å²) in [5.41, 5.74) is 2.40. The summed E-state index contributed by atoms with van der Waals surface area (Å²) in [6.45, 7) is 5.87. The van der Waals surface area contributed by atoms with Crippen molar-refractivity contribution in [2.45, 2.75) is 32.9 Å². The second-order valence-electron chi connectivity index (χ2n) is 6.12. The maximum atomic E-state index is 12.6. The van der Waals surface area contributed by atoms with Crippen molar-refractivity contribution in [3.63, 3.8) is 0 Å². The van der Waals surface area contributed by atoms with Gasteiger partial charge in [0.15, 0.2) is 0 Å². The monoisotopic (exact) mass is 282 g/mol. The quantitative estimate of drug-likeness (QED) is 0.846. The molecule has 2 aromatic rings. The van der Waals surface area contributed by atoms with E-state index in [4.69, 9.17) is 0 Å². The van der Waals surface area contributed by atoms with Crippen molar-refractivity contribution in [3.8, 4) is 0 Å². The molecule has 0 radical (unpaired) electrons. The molecule has 1 unspecified atom stereocenters. The number of nitrogens with zero attached hydrogens (tertiary/aromatic N) is 2. The third-order valence-corrected chi connectivity index (χ3v) is 4.06. The second kappa shape index (κ2) is 5.76. The van der Waals surface area contributed by atoms with Crippen molar-refractivity contribution >= 4 is 5.91 Å². The molecular formula is C18H22N2O. The van der Waals surface area contributed by atoms with Gasteiger partial charge in [0.2, 0.25) is 5.91 Å². The van der Waals surface area contributed by atoms with Crippen molar-refractivity contribution in [3.05, 3.63) is 59.9 Å². The van der Waals surface area contributed by atoms with E-state index in [2.05, 4.69) is 48.9 Å². The van der Waals surface area contributed by atoms with E-state index in [9.17, 15) is 4.79 Å². The van der Waals surface area contributed by atoms with Crippen LogP contribution in [-0.4, -0.2) is 21.9 Å². The molecule has 0 aliphatic carbocycles. The normalized spacial score (nSPS) is 17.9. The van der Waals surface area contributed by atoms with E-state index in [1.807, 2.05) is 23.1 Å². The summed E-state index contributed by atoms with van der Waals surface area (Å²) < 4.78 is 2.26. The number of fused-ring (bicyclic) bond motifs is 1. The standard InChI is InChI=1S/C18H22N2O/c1-14(2)13-17(21)20-12-11-19-10-6-9-16(19)18(20)15-7-4-3-5-8-15/h3-10,14,18H,11-13H2,1-2H3. The highest BCUT2D eigenvalue weighted by Crippen LogP contribution is 2.33. The maximum Gasteiger partial charge on any atom is 0.223 e. The van der Waals surface area contributed by atoms with Gasteiger partial charge in [-0.1, -0.05) is 44.2 Å². The molecule has 1 aliphatic heterocycles. The zero-order valence-corrected chi connectivity index (χ0v) is 12.7. The Morgan fingerprint density at radius 2 is 1.90 bits per heavy atom. The highest BCUT2D eigenvalue weighted by atomic mass is 16.2. The third-order valence-electron chi connectivity index (χ3n) is 4.06. The summed E-state index contributed by atoms with van der Waals surface area (Å²) in [6.07, 6.45) is 2.72. The minimum atomic E-state index is 0.0428. The van der Waals surface area contributed by atoms with Gasteiger partial charge in [-0.2, -0.15) is 0 Å². The molecule has 1 aromatic carbocycles. The van der Waals surface area contributed by atoms with Crippen LogP contribution in [0.25, 0.3) is 0 Å². The van der Waals surface area contributed by atoms with Crippen molar-refractivity contribution in [2.24, 2.45) is 5.92 Å². The molecular weight excluding hydrogens is 260 g/mol. The zero-order valence-electron chi connectivity index (χ0n) is 12.7. The van der Waals surface area contributed by atoms with E-state index < -0.39 is 0 Å². The summed E-state index contributed by atoms with van der Waals surface area (Å²) >= 11 is 0. The fraction of sp³-hybridized carbons (Fsp3) is 0.389. The van der Waals surface area contributed by atoms with Gasteiger partial charge in [0.05, 0.1) is 6.04 Å². The molecule has 0 saturated carbocycles. The van der Waals surface area contributed by atoms with Crippen LogP contribution in [0.3, 0.4) is 0 Å². The van der Waals surface area contributed by atoms with E-state index in [1.165, 1.54) is 11.3 Å². The van der Waals surface area contributed by atoms with Crippen LogP contribution in [0.2, 0.25) is 0 Å². The first kappa shape index (κ1) is 13.9. The van der Waals surface area contributed by atoms with E-state index in [0.717, 1.165) is 13.1 Å². The number of aromatic nitrogens is 1. The average molecular weight is 282 g/mol. The van der Waals surface area contributed by atoms with E-state index in [1.54, 1.807) is 0 Å². The van der Waals surface area contributed by atoms with Crippen LogP contribution in [-0.2, 0) is 11.3 Å². The molecule has 0 fully saturated rings. The molecule has 0 bridgehead atoms. The molecule has 1 aliphatic rings. The number of benzene rings is 1. The Balaban J connectivity index is 1.98. The Morgan fingerprint density at radius 3 is 2.62 bits per heavy atom. The summed E-state index contributed by atoms with van der Waals surface area (Å²) in [4.78, 5) is 14.7. The first-order valence-corrected chi connectivity index (χ1v) is 7.66. The third kappa shape index (κ3) is 2.73. The number of hydrogen-bond acceptors (Lipinski definition) is 1. The van der Waals surface area contributed by atoms with Gasteiger partial charge in [-0.25, -0.2) is 0 Å². The predicted molar refractivity (Wildman–Crippen MR) is 83.9 cm³/mol. The van der Waals surface area contributed by atoms with Gasteiger partial charge in [0, 0.05) is 31.4 Å². The average Bonchev–Trinajstić information content (AvgIpc) is 2.94. The predicted octanol–water partition coefficient (Wildman–Crippen LogP) is 3.47. The number of carbonyl (C=O) groups excluding carboxylic acids is 1. The van der Waals surface area contributed by atoms with Gasteiger partial charge < -0.3 is 9.47 Å². The zero-order chi connectivity index (χ0) is 14.8. The van der Waals surface area contributed by atoms with Crippen LogP contribution in [0.4, 0.5) is 0 Å². The summed E-state index contributed by atoms with van der Waals surface area (Å²) in [6, 6.07) is 14.6. The lowest BCUT2D eigenvalue weighted by Gasteiger charge is -2.37. The second-order valence-corrected chi connectivity index (χ2v) is 6.12. The van der Waals surface area contributed by atoms with Gasteiger partial charge in [0.1, 0.15) is 0 Å². The van der Waals surface area contributed by atoms with Crippen LogP contribution in [0.1, 0.15) is 37.6 Å². The minimum absolute atomic E-state index is 0.0428. The van der Waals surface area contributed by atoms with Gasteiger partial charge in [-0.15, -0.1) is 0 Å². The van der Waals surface area contributed by atoms with Crippen LogP contribution in [0, 0.1) is 5.92 Å². The molecule has 3 rings (SSSR count). The lowest BCUT2D eigenvalue weighted by molar-refractivity contribution is -0.134. The van der Waals surface area contributed by atoms with Crippen LogP contribution >= 0.6 is 0 Å². The first-order chi connectivity index (χ1) is 10.2. The molecule has 2 heterocycles. The lowest BCUT2D eigenvalue weighted by atomic mass is 9.98. The van der Waals surface area contributed by atoms with Crippen molar-refractivity contribution in [2.75, 3.05) is 6.54 Å². The van der Waals surface area contributed by atoms with Crippen molar-refractivity contribution in [1.29, 1.82) is 0 Å². The molecule has 1 aromatic heterocycles. The van der Waals surface area contributed by atoms with E-state index >= 15 is 0 Å². The van der Waals surface area contributed by atoms with Gasteiger partial charge in [-0.05, 0) is 23.6 Å². The van der Waals surface area contributed by atoms with Crippen LogP contribution in [0.5, 0.6) is 0 Å². The Kier molecular flexibility index (Phi) is 3.82. The van der Waals surface area contributed by atoms with Gasteiger partial charge in [0.25, 0.3) is 0 Å². The van der Waals surface area contributed by atoms with Gasteiger partial charge in [-0.3, -0.25) is 4.79 Å². The maximum absolute atomic E-state index is 12.6. The Hall–Kier alpha value is -2.03.